The zero-order valence-corrected chi connectivity index (χ0v) is 14.0. The molecule has 0 spiro atoms. The molecule has 0 amide bonds. The van der Waals surface area contributed by atoms with Gasteiger partial charge >= 0.3 is 0 Å². The highest BCUT2D eigenvalue weighted by Crippen LogP contribution is 2.30. The number of fused-ring (bicyclic) bond motifs is 1. The second-order valence-electron chi connectivity index (χ2n) is 6.38. The molecule has 1 atom stereocenters. The van der Waals surface area contributed by atoms with E-state index in [4.69, 9.17) is 0 Å². The molecule has 3 heterocycles. The molecule has 0 bridgehead atoms. The first-order chi connectivity index (χ1) is 12.1. The van der Waals surface area contributed by atoms with Gasteiger partial charge in [0.15, 0.2) is 0 Å². The fourth-order valence-corrected chi connectivity index (χ4v) is 3.48. The molecule has 0 aliphatic carbocycles. The number of aromatic amines is 1. The largest absolute Gasteiger partial charge is 0.309 e. The molecule has 1 aliphatic rings. The predicted octanol–water partition coefficient (Wildman–Crippen LogP) is 1.35. The quantitative estimate of drug-likeness (QED) is 0.780. The Bertz CT molecular complexity index is 1040. The van der Waals surface area contributed by atoms with Crippen LogP contribution < -0.4 is 11.1 Å². The van der Waals surface area contributed by atoms with Gasteiger partial charge in [0.2, 0.25) is 0 Å². The number of H-pyrrole nitrogens is 1. The molecule has 1 N–H and O–H groups in total. The molecular formula is C18H19N5O2. The number of aromatic nitrogens is 4. The van der Waals surface area contributed by atoms with Crippen LogP contribution in [-0.2, 0) is 13.6 Å². The van der Waals surface area contributed by atoms with Crippen molar-refractivity contribution in [2.45, 2.75) is 25.4 Å². The minimum absolute atomic E-state index is 0.00942. The normalized spacial score (nSPS) is 18.0. The first-order valence-corrected chi connectivity index (χ1v) is 8.37. The summed E-state index contributed by atoms with van der Waals surface area (Å²) < 4.78 is 1.34. The number of para-hydroxylation sites is 1. The van der Waals surface area contributed by atoms with Gasteiger partial charge in [-0.05, 0) is 37.6 Å². The molecule has 1 aromatic carbocycles. The molecule has 25 heavy (non-hydrogen) atoms. The summed E-state index contributed by atoms with van der Waals surface area (Å²) in [4.78, 5) is 34.4. The number of hydrogen-bond acceptors (Lipinski definition) is 5. The average Bonchev–Trinajstić information content (AvgIpc) is 3.07. The third-order valence-electron chi connectivity index (χ3n) is 4.77. The Balaban J connectivity index is 1.69. The van der Waals surface area contributed by atoms with Crippen molar-refractivity contribution in [2.75, 3.05) is 6.54 Å². The number of nitrogens with one attached hydrogen (secondary N) is 1. The summed E-state index contributed by atoms with van der Waals surface area (Å²) in [7, 11) is 1.65. The Morgan fingerprint density at radius 2 is 2.08 bits per heavy atom. The summed E-state index contributed by atoms with van der Waals surface area (Å²) in [6.07, 6.45) is 3.55. The lowest BCUT2D eigenvalue weighted by Crippen LogP contribution is -2.31. The lowest BCUT2D eigenvalue weighted by atomic mass is 10.1. The van der Waals surface area contributed by atoms with Crippen molar-refractivity contribution in [1.82, 2.24) is 24.6 Å². The van der Waals surface area contributed by atoms with Crippen LogP contribution in [0.4, 0.5) is 0 Å². The van der Waals surface area contributed by atoms with Gasteiger partial charge in [0.05, 0.1) is 16.9 Å². The average molecular weight is 337 g/mol. The highest BCUT2D eigenvalue weighted by molar-refractivity contribution is 5.77. The monoisotopic (exact) mass is 337 g/mol. The number of likely N-dealkylation sites (tertiary alicyclic amines) is 1. The SMILES string of the molecule is Cn1nccc(CN2CCCC2c2nc3ccccc3c(=O)[nH]2)c1=O. The van der Waals surface area contributed by atoms with E-state index in [9.17, 15) is 9.59 Å². The van der Waals surface area contributed by atoms with Crippen LogP contribution in [0.5, 0.6) is 0 Å². The van der Waals surface area contributed by atoms with E-state index in [1.165, 1.54) is 4.68 Å². The highest BCUT2D eigenvalue weighted by atomic mass is 16.1. The van der Waals surface area contributed by atoms with E-state index in [0.29, 0.717) is 28.8 Å². The summed E-state index contributed by atoms with van der Waals surface area (Å²) in [5.74, 6) is 0.673. The van der Waals surface area contributed by atoms with Crippen LogP contribution in [0, 0.1) is 0 Å². The molecule has 0 radical (unpaired) electrons. The van der Waals surface area contributed by atoms with Gasteiger partial charge in [0, 0.05) is 25.4 Å². The van der Waals surface area contributed by atoms with Gasteiger partial charge in [-0.15, -0.1) is 0 Å². The van der Waals surface area contributed by atoms with E-state index in [2.05, 4.69) is 20.0 Å². The summed E-state index contributed by atoms with van der Waals surface area (Å²) in [5.41, 5.74) is 1.20. The maximum Gasteiger partial charge on any atom is 0.270 e. The standard InChI is InChI=1S/C18H19N5O2/c1-22-18(25)12(8-9-19-22)11-23-10-4-7-15(23)16-20-14-6-3-2-5-13(14)17(24)21-16/h2-3,5-6,8-9,15H,4,7,10-11H2,1H3,(H,20,21,24). The molecule has 7 heteroatoms. The minimum atomic E-state index is -0.118. The third-order valence-corrected chi connectivity index (χ3v) is 4.77. The molecule has 2 aromatic heterocycles. The maximum atomic E-state index is 12.3. The van der Waals surface area contributed by atoms with Crippen molar-refractivity contribution in [3.8, 4) is 0 Å². The molecule has 128 valence electrons. The van der Waals surface area contributed by atoms with Gasteiger partial charge in [-0.3, -0.25) is 14.5 Å². The predicted molar refractivity (Wildman–Crippen MR) is 94.2 cm³/mol. The van der Waals surface area contributed by atoms with E-state index in [0.717, 1.165) is 19.4 Å². The van der Waals surface area contributed by atoms with Crippen LogP contribution in [0.25, 0.3) is 10.9 Å². The summed E-state index contributed by atoms with van der Waals surface area (Å²) in [6, 6.07) is 9.11. The van der Waals surface area contributed by atoms with Crippen molar-refractivity contribution < 1.29 is 0 Å². The van der Waals surface area contributed by atoms with Gasteiger partial charge in [0.25, 0.3) is 11.1 Å². The Hall–Kier alpha value is -2.80. The minimum Gasteiger partial charge on any atom is -0.309 e. The second kappa shape index (κ2) is 6.25. The zero-order valence-electron chi connectivity index (χ0n) is 14.0. The van der Waals surface area contributed by atoms with Crippen LogP contribution in [-0.4, -0.2) is 31.2 Å². The number of benzene rings is 1. The fourth-order valence-electron chi connectivity index (χ4n) is 3.48. The Morgan fingerprint density at radius 1 is 1.24 bits per heavy atom. The molecule has 1 fully saturated rings. The first-order valence-electron chi connectivity index (χ1n) is 8.37. The van der Waals surface area contributed by atoms with E-state index < -0.39 is 0 Å². The van der Waals surface area contributed by atoms with Crippen LogP contribution in [0.15, 0.2) is 46.1 Å². The molecule has 1 unspecified atom stereocenters. The molecule has 7 nitrogen and oxygen atoms in total. The van der Waals surface area contributed by atoms with Crippen molar-refractivity contribution in [3.05, 3.63) is 68.6 Å². The van der Waals surface area contributed by atoms with Crippen LogP contribution in [0.3, 0.4) is 0 Å². The number of rotatable bonds is 3. The van der Waals surface area contributed by atoms with Crippen molar-refractivity contribution in [2.24, 2.45) is 7.05 Å². The van der Waals surface area contributed by atoms with Gasteiger partial charge in [-0.25, -0.2) is 9.67 Å². The zero-order chi connectivity index (χ0) is 17.4. The van der Waals surface area contributed by atoms with Crippen molar-refractivity contribution >= 4 is 10.9 Å². The number of nitrogens with zero attached hydrogens (tertiary/aromatic N) is 4. The molecular weight excluding hydrogens is 318 g/mol. The van der Waals surface area contributed by atoms with Gasteiger partial charge in [-0.1, -0.05) is 12.1 Å². The van der Waals surface area contributed by atoms with Gasteiger partial charge in [-0.2, -0.15) is 5.10 Å². The van der Waals surface area contributed by atoms with Gasteiger partial charge in [0.1, 0.15) is 5.82 Å². The number of aryl methyl sites for hydroxylation is 1. The summed E-state index contributed by atoms with van der Waals surface area (Å²) >= 11 is 0. The highest BCUT2D eigenvalue weighted by Gasteiger charge is 2.29. The Morgan fingerprint density at radius 3 is 2.96 bits per heavy atom. The second-order valence-corrected chi connectivity index (χ2v) is 6.38. The molecule has 0 saturated carbocycles. The van der Waals surface area contributed by atoms with Crippen LogP contribution >= 0.6 is 0 Å². The lowest BCUT2D eigenvalue weighted by Gasteiger charge is -2.23. The first kappa shape index (κ1) is 15.7. The smallest absolute Gasteiger partial charge is 0.270 e. The van der Waals surface area contributed by atoms with Crippen LogP contribution in [0.1, 0.15) is 30.3 Å². The summed E-state index contributed by atoms with van der Waals surface area (Å²) in [5, 5.41) is 4.56. The lowest BCUT2D eigenvalue weighted by molar-refractivity contribution is 0.238. The van der Waals surface area contributed by atoms with E-state index in [1.54, 1.807) is 25.4 Å². The van der Waals surface area contributed by atoms with Crippen molar-refractivity contribution in [3.63, 3.8) is 0 Å². The van der Waals surface area contributed by atoms with E-state index >= 15 is 0 Å². The molecule has 4 rings (SSSR count). The Labute approximate surface area is 143 Å². The van der Waals surface area contributed by atoms with Gasteiger partial charge < -0.3 is 4.98 Å². The summed E-state index contributed by atoms with van der Waals surface area (Å²) in [6.45, 7) is 1.39. The van der Waals surface area contributed by atoms with Crippen molar-refractivity contribution in [1.29, 1.82) is 0 Å². The third kappa shape index (κ3) is 2.87. The molecule has 1 saturated heterocycles. The van der Waals surface area contributed by atoms with Crippen LogP contribution in [0.2, 0.25) is 0 Å². The fraction of sp³-hybridized carbons (Fsp3) is 0.333. The Kier molecular flexibility index (Phi) is 3.93. The topological polar surface area (TPSA) is 83.9 Å². The maximum absolute atomic E-state index is 12.3. The molecule has 3 aromatic rings. The van der Waals surface area contributed by atoms with E-state index in [-0.39, 0.29) is 17.2 Å². The molecule has 1 aliphatic heterocycles. The number of hydrogen-bond donors (Lipinski definition) is 1. The van der Waals surface area contributed by atoms with E-state index in [1.807, 2.05) is 18.2 Å².